The van der Waals surface area contributed by atoms with Crippen LogP contribution in [0.15, 0.2) is 128 Å². The lowest BCUT2D eigenvalue weighted by atomic mass is 9.78. The number of phenols is 1. The van der Waals surface area contributed by atoms with Gasteiger partial charge in [-0.15, -0.1) is 0 Å². The summed E-state index contributed by atoms with van der Waals surface area (Å²) in [6.07, 6.45) is 1.98. The molecule has 0 radical (unpaired) electrons. The molecule has 2 aromatic heterocycles. The molecule has 0 saturated heterocycles. The fourth-order valence-electron chi connectivity index (χ4n) is 8.77. The van der Waals surface area contributed by atoms with E-state index in [-0.39, 0.29) is 33.8 Å². The smallest absolute Gasteiger partial charge is 0.149 e. The average molecular weight is 818 g/mol. The van der Waals surface area contributed by atoms with E-state index in [2.05, 4.69) is 216 Å². The fourth-order valence-corrected chi connectivity index (χ4v) is 8.77. The second-order valence-corrected chi connectivity index (χ2v) is 21.0. The summed E-state index contributed by atoms with van der Waals surface area (Å²) in [5.41, 5.74) is 15.5. The van der Waals surface area contributed by atoms with Crippen molar-refractivity contribution in [3.63, 3.8) is 0 Å². The third kappa shape index (κ3) is 7.97. The molecule has 6 aromatic carbocycles. The predicted molar refractivity (Wildman–Crippen MR) is 264 cm³/mol. The normalized spacial score (nSPS) is 12.6. The molecule has 0 amide bonds. The van der Waals surface area contributed by atoms with Crippen molar-refractivity contribution in [3.05, 3.63) is 155 Å². The first-order chi connectivity index (χ1) is 29.2. The van der Waals surface area contributed by atoms with Crippen LogP contribution in [0.3, 0.4) is 0 Å². The lowest BCUT2D eigenvalue weighted by Crippen LogP contribution is -2.17. The average Bonchev–Trinajstić information content (AvgIpc) is 3.61. The molecule has 0 saturated carbocycles. The highest BCUT2D eigenvalue weighted by atomic mass is 16.3. The van der Waals surface area contributed by atoms with Gasteiger partial charge in [-0.3, -0.25) is 9.55 Å². The number of hydrogen-bond acceptors (Lipinski definition) is 3. The van der Waals surface area contributed by atoms with Crippen molar-refractivity contribution in [1.82, 2.24) is 14.5 Å². The zero-order valence-corrected chi connectivity index (χ0v) is 39.1. The minimum Gasteiger partial charge on any atom is -0.507 e. The second kappa shape index (κ2) is 15.7. The van der Waals surface area contributed by atoms with E-state index in [4.69, 9.17) is 9.97 Å². The van der Waals surface area contributed by atoms with E-state index in [0.717, 1.165) is 72.4 Å². The lowest BCUT2D eigenvalue weighted by molar-refractivity contribution is 0.446. The van der Waals surface area contributed by atoms with Gasteiger partial charge in [0.05, 0.1) is 28.0 Å². The molecular formula is C58H63N3O. The Morgan fingerprint density at radius 3 is 1.73 bits per heavy atom. The Hall–Kier alpha value is -6.00. The summed E-state index contributed by atoms with van der Waals surface area (Å²) >= 11 is 0. The molecule has 0 aliphatic carbocycles. The highest BCUT2D eigenvalue weighted by Crippen LogP contribution is 2.47. The summed E-state index contributed by atoms with van der Waals surface area (Å²) in [5.74, 6) is 1.40. The zero-order chi connectivity index (χ0) is 44.5. The summed E-state index contributed by atoms with van der Waals surface area (Å²) in [6, 6.07) is 44.0. The van der Waals surface area contributed by atoms with Crippen LogP contribution in [0.1, 0.15) is 130 Å². The van der Waals surface area contributed by atoms with Gasteiger partial charge < -0.3 is 5.11 Å². The molecule has 1 N–H and O–H groups in total. The van der Waals surface area contributed by atoms with E-state index in [1.165, 1.54) is 27.8 Å². The van der Waals surface area contributed by atoms with Crippen molar-refractivity contribution in [2.45, 2.75) is 118 Å². The maximum Gasteiger partial charge on any atom is 0.149 e. The van der Waals surface area contributed by atoms with Gasteiger partial charge in [0.2, 0.25) is 0 Å². The molecule has 0 atom stereocenters. The third-order valence-corrected chi connectivity index (χ3v) is 12.5. The quantitative estimate of drug-likeness (QED) is 0.174. The third-order valence-electron chi connectivity index (χ3n) is 12.5. The molecule has 0 aliphatic rings. The molecule has 4 heteroatoms. The van der Waals surface area contributed by atoms with Crippen molar-refractivity contribution >= 4 is 21.8 Å². The minimum atomic E-state index is -0.313. The molecule has 0 spiro atoms. The summed E-state index contributed by atoms with van der Waals surface area (Å²) in [5, 5.41) is 14.9. The number of aromatic nitrogens is 3. The Balaban J connectivity index is 1.50. The number of hydrogen-bond donors (Lipinski definition) is 1. The highest BCUT2D eigenvalue weighted by molar-refractivity contribution is 5.98. The van der Waals surface area contributed by atoms with Crippen molar-refractivity contribution < 1.29 is 5.11 Å². The number of fused-ring (bicyclic) bond motifs is 2. The molecule has 4 nitrogen and oxygen atoms in total. The summed E-state index contributed by atoms with van der Waals surface area (Å²) < 4.78 is 2.38. The standard InChI is InChI=1S/C58H63N3O/c1-35(2)46-29-40(37-20-15-14-16-21-37)30-47(36(3)4)53(46)61-51-25-19-24-45(52(51)60-55(61)48-32-44(57(8,9)10)33-49(54(48)62)58(11,12)13)41-26-42(28-43(27-41)56(5,6)7)50-31-38-22-17-18-23-39(38)34-59-50/h14-36,62H,1-13H3. The number of rotatable bonds is 7. The van der Waals surface area contributed by atoms with Crippen molar-refractivity contribution in [2.24, 2.45) is 0 Å². The SMILES string of the molecule is CC(C)c1cc(-c2ccccc2)cc(C(C)C)c1-n1c(-c2cc(C(C)(C)C)cc(C(C)(C)C)c2O)nc2c(-c3cc(-c4cc5ccccc5cn4)cc(C(C)(C)C)c3)cccc21. The first-order valence-electron chi connectivity index (χ1n) is 22.3. The molecule has 0 fully saturated rings. The Morgan fingerprint density at radius 2 is 1.11 bits per heavy atom. The number of nitrogens with zero attached hydrogens (tertiary/aromatic N) is 3. The number of phenolic OH excluding ortho intramolecular Hbond substituents is 1. The largest absolute Gasteiger partial charge is 0.507 e. The Kier molecular flexibility index (Phi) is 10.8. The minimum absolute atomic E-state index is 0.124. The first kappa shape index (κ1) is 42.7. The number of benzene rings is 6. The molecule has 0 bridgehead atoms. The van der Waals surface area contributed by atoms with E-state index in [9.17, 15) is 5.11 Å². The van der Waals surface area contributed by atoms with Crippen LogP contribution in [0.25, 0.3) is 72.4 Å². The van der Waals surface area contributed by atoms with E-state index < -0.39 is 0 Å². The first-order valence-corrected chi connectivity index (χ1v) is 22.3. The van der Waals surface area contributed by atoms with Crippen LogP contribution < -0.4 is 0 Å². The van der Waals surface area contributed by atoms with E-state index in [1.807, 2.05) is 6.20 Å². The van der Waals surface area contributed by atoms with Gasteiger partial charge in [-0.2, -0.15) is 0 Å². The Labute approximate surface area is 369 Å². The van der Waals surface area contributed by atoms with Crippen LogP contribution in [0, 0.1) is 0 Å². The van der Waals surface area contributed by atoms with Gasteiger partial charge in [0.15, 0.2) is 0 Å². The van der Waals surface area contributed by atoms with Gasteiger partial charge in [0, 0.05) is 28.3 Å². The van der Waals surface area contributed by atoms with Gasteiger partial charge in [0.1, 0.15) is 11.6 Å². The Bertz CT molecular complexity index is 2930. The highest BCUT2D eigenvalue weighted by Gasteiger charge is 2.31. The van der Waals surface area contributed by atoms with Crippen LogP contribution in [-0.2, 0) is 16.2 Å². The monoisotopic (exact) mass is 817 g/mol. The van der Waals surface area contributed by atoms with Crippen molar-refractivity contribution in [2.75, 3.05) is 0 Å². The molecule has 0 aliphatic heterocycles. The van der Waals surface area contributed by atoms with Gasteiger partial charge in [-0.05, 0) is 115 Å². The molecule has 2 heterocycles. The van der Waals surface area contributed by atoms with Gasteiger partial charge in [-0.1, -0.05) is 169 Å². The van der Waals surface area contributed by atoms with Crippen LogP contribution >= 0.6 is 0 Å². The van der Waals surface area contributed by atoms with Crippen LogP contribution in [0.5, 0.6) is 5.75 Å². The van der Waals surface area contributed by atoms with Crippen LogP contribution in [0.4, 0.5) is 0 Å². The molecule has 0 unspecified atom stereocenters. The second-order valence-electron chi connectivity index (χ2n) is 21.0. The van der Waals surface area contributed by atoms with Gasteiger partial charge in [0.25, 0.3) is 0 Å². The molecule has 62 heavy (non-hydrogen) atoms. The molecular weight excluding hydrogens is 755 g/mol. The summed E-state index contributed by atoms with van der Waals surface area (Å²) in [6.45, 7) is 29.3. The molecule has 8 aromatic rings. The fraction of sp³-hybridized carbons (Fsp3) is 0.310. The zero-order valence-electron chi connectivity index (χ0n) is 39.1. The maximum absolute atomic E-state index is 12.6. The summed E-state index contributed by atoms with van der Waals surface area (Å²) in [7, 11) is 0. The molecule has 8 rings (SSSR count). The van der Waals surface area contributed by atoms with Crippen LogP contribution in [0.2, 0.25) is 0 Å². The summed E-state index contributed by atoms with van der Waals surface area (Å²) in [4.78, 5) is 10.7. The maximum atomic E-state index is 12.6. The number of imidazole rings is 1. The number of aromatic hydroxyl groups is 1. The van der Waals surface area contributed by atoms with Crippen LogP contribution in [-0.4, -0.2) is 19.6 Å². The van der Waals surface area contributed by atoms with Crippen molar-refractivity contribution in [3.8, 4) is 56.3 Å². The van der Waals surface area contributed by atoms with E-state index in [0.29, 0.717) is 0 Å². The number of para-hydroxylation sites is 1. The van der Waals surface area contributed by atoms with E-state index in [1.54, 1.807) is 0 Å². The topological polar surface area (TPSA) is 50.9 Å². The van der Waals surface area contributed by atoms with Gasteiger partial charge in [-0.25, -0.2) is 4.98 Å². The van der Waals surface area contributed by atoms with Gasteiger partial charge >= 0.3 is 0 Å². The number of pyridine rings is 1. The predicted octanol–water partition coefficient (Wildman–Crippen LogP) is 16.1. The lowest BCUT2D eigenvalue weighted by Gasteiger charge is -2.28. The van der Waals surface area contributed by atoms with Crippen molar-refractivity contribution in [1.29, 1.82) is 0 Å². The Morgan fingerprint density at radius 1 is 0.516 bits per heavy atom. The molecule has 316 valence electrons. The van der Waals surface area contributed by atoms with E-state index >= 15 is 0 Å².